The van der Waals surface area contributed by atoms with Crippen LogP contribution in [0.1, 0.15) is 36.6 Å². The van der Waals surface area contributed by atoms with Gasteiger partial charge in [-0.2, -0.15) is 5.26 Å². The van der Waals surface area contributed by atoms with Gasteiger partial charge < -0.3 is 0 Å². The predicted octanol–water partition coefficient (Wildman–Crippen LogP) is 3.21. The number of rotatable bonds is 4. The van der Waals surface area contributed by atoms with Gasteiger partial charge in [-0.25, -0.2) is 0 Å². The number of hydrogen-bond acceptors (Lipinski definition) is 2. The minimum Gasteiger partial charge on any atom is -0.285 e. The van der Waals surface area contributed by atoms with E-state index in [0.717, 1.165) is 18.7 Å². The van der Waals surface area contributed by atoms with Crippen LogP contribution in [-0.2, 0) is 0 Å². The van der Waals surface area contributed by atoms with E-state index in [1.807, 2.05) is 0 Å². The van der Waals surface area contributed by atoms with Gasteiger partial charge in [0.2, 0.25) is 0 Å². The van der Waals surface area contributed by atoms with E-state index in [0.29, 0.717) is 0 Å². The molecule has 0 heterocycles. The first kappa shape index (κ1) is 12.7. The van der Waals surface area contributed by atoms with Gasteiger partial charge in [0.15, 0.2) is 0 Å². The third-order valence-corrected chi connectivity index (χ3v) is 3.02. The van der Waals surface area contributed by atoms with Crippen LogP contribution in [0.25, 0.3) is 0 Å². The molecule has 1 atom stereocenters. The highest BCUT2D eigenvalue weighted by molar-refractivity contribution is 5.35. The molecule has 0 saturated carbocycles. The van der Waals surface area contributed by atoms with Crippen molar-refractivity contribution in [3.05, 3.63) is 34.9 Å². The van der Waals surface area contributed by atoms with Crippen LogP contribution >= 0.6 is 0 Å². The van der Waals surface area contributed by atoms with Crippen molar-refractivity contribution in [3.8, 4) is 6.07 Å². The number of aryl methyl sites for hydroxylation is 2. The summed E-state index contributed by atoms with van der Waals surface area (Å²) in [4.78, 5) is 2.18. The van der Waals surface area contributed by atoms with Crippen molar-refractivity contribution in [1.29, 1.82) is 5.26 Å². The first-order valence-corrected chi connectivity index (χ1v) is 5.84. The Labute approximate surface area is 98.5 Å². The van der Waals surface area contributed by atoms with Gasteiger partial charge in [-0.3, -0.25) is 4.90 Å². The quantitative estimate of drug-likeness (QED) is 0.772. The summed E-state index contributed by atoms with van der Waals surface area (Å²) in [5.41, 5.74) is 3.59. The maximum atomic E-state index is 9.31. The average Bonchev–Trinajstić information content (AvgIpc) is 2.27. The molecular formula is C14H20N2. The van der Waals surface area contributed by atoms with Gasteiger partial charge in [-0.15, -0.1) is 0 Å². The van der Waals surface area contributed by atoms with E-state index in [1.54, 1.807) is 0 Å². The van der Waals surface area contributed by atoms with Crippen molar-refractivity contribution in [3.63, 3.8) is 0 Å². The van der Waals surface area contributed by atoms with Crippen molar-refractivity contribution in [2.24, 2.45) is 0 Å². The van der Waals surface area contributed by atoms with Crippen LogP contribution in [0.5, 0.6) is 0 Å². The van der Waals surface area contributed by atoms with E-state index in [-0.39, 0.29) is 6.04 Å². The largest absolute Gasteiger partial charge is 0.285 e. The lowest BCUT2D eigenvalue weighted by Crippen LogP contribution is -2.27. The van der Waals surface area contributed by atoms with Gasteiger partial charge in [0.1, 0.15) is 6.04 Å². The Kier molecular flexibility index (Phi) is 4.52. The topological polar surface area (TPSA) is 27.0 Å². The van der Waals surface area contributed by atoms with E-state index in [2.05, 4.69) is 56.9 Å². The molecular weight excluding hydrogens is 196 g/mol. The third-order valence-electron chi connectivity index (χ3n) is 3.02. The fourth-order valence-electron chi connectivity index (χ4n) is 2.07. The molecule has 0 aliphatic carbocycles. The Morgan fingerprint density at radius 1 is 1.25 bits per heavy atom. The maximum Gasteiger partial charge on any atom is 0.124 e. The summed E-state index contributed by atoms with van der Waals surface area (Å²) in [6.45, 7) is 10.2. The van der Waals surface area contributed by atoms with Crippen LogP contribution in [0.4, 0.5) is 0 Å². The molecule has 0 radical (unpaired) electrons. The highest BCUT2D eigenvalue weighted by atomic mass is 15.1. The molecule has 0 N–H and O–H groups in total. The molecule has 2 nitrogen and oxygen atoms in total. The van der Waals surface area contributed by atoms with Gasteiger partial charge in [0.05, 0.1) is 6.07 Å². The molecule has 1 rings (SSSR count). The Balaban J connectivity index is 3.09. The number of benzene rings is 1. The SMILES string of the molecule is CCN(CC)C(C#N)c1ccc(C)cc1C. The summed E-state index contributed by atoms with van der Waals surface area (Å²) < 4.78 is 0. The molecule has 0 aliphatic heterocycles. The number of hydrogen-bond donors (Lipinski definition) is 0. The molecule has 0 aliphatic rings. The lowest BCUT2D eigenvalue weighted by Gasteiger charge is -2.25. The lowest BCUT2D eigenvalue weighted by atomic mass is 9.99. The van der Waals surface area contributed by atoms with Gasteiger partial charge in [0, 0.05) is 0 Å². The molecule has 16 heavy (non-hydrogen) atoms. The Morgan fingerprint density at radius 3 is 2.31 bits per heavy atom. The second-order valence-electron chi connectivity index (χ2n) is 4.11. The van der Waals surface area contributed by atoms with Gasteiger partial charge in [-0.1, -0.05) is 37.6 Å². The first-order valence-electron chi connectivity index (χ1n) is 5.84. The van der Waals surface area contributed by atoms with E-state index >= 15 is 0 Å². The van der Waals surface area contributed by atoms with Crippen LogP contribution in [0.3, 0.4) is 0 Å². The van der Waals surface area contributed by atoms with Gasteiger partial charge >= 0.3 is 0 Å². The minimum absolute atomic E-state index is 0.115. The normalized spacial score (nSPS) is 12.5. The summed E-state index contributed by atoms with van der Waals surface area (Å²) in [6, 6.07) is 8.59. The van der Waals surface area contributed by atoms with E-state index in [9.17, 15) is 5.26 Å². The minimum atomic E-state index is -0.115. The average molecular weight is 216 g/mol. The van der Waals surface area contributed by atoms with Crippen molar-refractivity contribution in [2.75, 3.05) is 13.1 Å². The Morgan fingerprint density at radius 2 is 1.88 bits per heavy atom. The Bertz CT molecular complexity index is 386. The van der Waals surface area contributed by atoms with Crippen LogP contribution in [0.2, 0.25) is 0 Å². The maximum absolute atomic E-state index is 9.31. The predicted molar refractivity (Wildman–Crippen MR) is 67.2 cm³/mol. The summed E-state index contributed by atoms with van der Waals surface area (Å²) in [6.07, 6.45) is 0. The summed E-state index contributed by atoms with van der Waals surface area (Å²) in [7, 11) is 0. The molecule has 1 aromatic rings. The van der Waals surface area contributed by atoms with Crippen molar-refractivity contribution >= 4 is 0 Å². The monoisotopic (exact) mass is 216 g/mol. The number of nitrogens with zero attached hydrogens (tertiary/aromatic N) is 2. The van der Waals surface area contributed by atoms with E-state index in [1.165, 1.54) is 11.1 Å². The van der Waals surface area contributed by atoms with E-state index < -0.39 is 0 Å². The smallest absolute Gasteiger partial charge is 0.124 e. The van der Waals surface area contributed by atoms with Crippen LogP contribution in [-0.4, -0.2) is 18.0 Å². The molecule has 0 bridgehead atoms. The molecule has 1 aromatic carbocycles. The molecule has 0 aromatic heterocycles. The van der Waals surface area contributed by atoms with Crippen molar-refractivity contribution in [2.45, 2.75) is 33.7 Å². The number of nitriles is 1. The first-order chi connectivity index (χ1) is 7.63. The molecule has 0 fully saturated rings. The van der Waals surface area contributed by atoms with Gasteiger partial charge in [-0.05, 0) is 38.1 Å². The standard InChI is InChI=1S/C14H20N2/c1-5-16(6-2)14(10-15)13-8-7-11(3)9-12(13)4/h7-9,14H,5-6H2,1-4H3. The highest BCUT2D eigenvalue weighted by Crippen LogP contribution is 2.23. The molecule has 86 valence electrons. The summed E-state index contributed by atoms with van der Waals surface area (Å²) in [5, 5.41) is 9.31. The lowest BCUT2D eigenvalue weighted by molar-refractivity contribution is 0.262. The van der Waals surface area contributed by atoms with Crippen molar-refractivity contribution < 1.29 is 0 Å². The van der Waals surface area contributed by atoms with Crippen LogP contribution in [0, 0.1) is 25.2 Å². The fraction of sp³-hybridized carbons (Fsp3) is 0.500. The molecule has 1 unspecified atom stereocenters. The second-order valence-corrected chi connectivity index (χ2v) is 4.11. The van der Waals surface area contributed by atoms with Crippen molar-refractivity contribution in [1.82, 2.24) is 4.90 Å². The van der Waals surface area contributed by atoms with Crippen LogP contribution in [0.15, 0.2) is 18.2 Å². The third kappa shape index (κ3) is 2.62. The summed E-state index contributed by atoms with van der Waals surface area (Å²) in [5.74, 6) is 0. The zero-order valence-electron chi connectivity index (χ0n) is 10.6. The Hall–Kier alpha value is -1.33. The molecule has 2 heteroatoms. The zero-order chi connectivity index (χ0) is 12.1. The van der Waals surface area contributed by atoms with E-state index in [4.69, 9.17) is 0 Å². The molecule has 0 spiro atoms. The molecule has 0 saturated heterocycles. The summed E-state index contributed by atoms with van der Waals surface area (Å²) >= 11 is 0. The highest BCUT2D eigenvalue weighted by Gasteiger charge is 2.18. The fourth-order valence-corrected chi connectivity index (χ4v) is 2.07. The van der Waals surface area contributed by atoms with Gasteiger partial charge in [0.25, 0.3) is 0 Å². The zero-order valence-corrected chi connectivity index (χ0v) is 10.6. The van der Waals surface area contributed by atoms with Crippen LogP contribution < -0.4 is 0 Å². The molecule has 0 amide bonds. The second kappa shape index (κ2) is 5.67.